The van der Waals surface area contributed by atoms with Crippen LogP contribution in [0.5, 0.6) is 0 Å². The average molecular weight is 277 g/mol. The van der Waals surface area contributed by atoms with E-state index in [0.29, 0.717) is 31.1 Å². The first kappa shape index (κ1) is 16.9. The first-order valence-electron chi connectivity index (χ1n) is 5.85. The summed E-state index contributed by atoms with van der Waals surface area (Å²) in [6.07, 6.45) is 1.43. The van der Waals surface area contributed by atoms with Crippen molar-refractivity contribution in [3.05, 3.63) is 11.7 Å². The summed E-state index contributed by atoms with van der Waals surface area (Å²) in [6, 6.07) is 0. The predicted molar refractivity (Wildman–Crippen MR) is 70.2 cm³/mol. The molecule has 0 aliphatic heterocycles. The number of halogens is 1. The van der Waals surface area contributed by atoms with Crippen molar-refractivity contribution in [1.82, 2.24) is 15.5 Å². The van der Waals surface area contributed by atoms with Gasteiger partial charge < -0.3 is 15.6 Å². The Kier molecular flexibility index (Phi) is 6.86. The van der Waals surface area contributed by atoms with Crippen LogP contribution in [0.4, 0.5) is 0 Å². The molecule has 104 valence electrons. The molecule has 7 heteroatoms. The molecule has 0 saturated carbocycles. The van der Waals surface area contributed by atoms with Gasteiger partial charge in [-0.05, 0) is 19.8 Å². The van der Waals surface area contributed by atoms with Gasteiger partial charge in [0.2, 0.25) is 11.8 Å². The first-order valence-corrected chi connectivity index (χ1v) is 5.85. The van der Waals surface area contributed by atoms with E-state index < -0.39 is 5.41 Å². The lowest BCUT2D eigenvalue weighted by atomic mass is 9.81. The minimum atomic E-state index is -0.491. The molecule has 0 radical (unpaired) electrons. The van der Waals surface area contributed by atoms with E-state index in [4.69, 9.17) is 10.3 Å². The van der Waals surface area contributed by atoms with E-state index in [-0.39, 0.29) is 24.9 Å². The first-order chi connectivity index (χ1) is 8.07. The molecule has 3 N–H and O–H groups in total. The van der Waals surface area contributed by atoms with Gasteiger partial charge >= 0.3 is 0 Å². The lowest BCUT2D eigenvalue weighted by molar-refractivity contribution is -0.131. The van der Waals surface area contributed by atoms with Gasteiger partial charge in [0, 0.05) is 6.54 Å². The van der Waals surface area contributed by atoms with Crippen molar-refractivity contribution in [2.45, 2.75) is 40.2 Å². The van der Waals surface area contributed by atoms with Crippen LogP contribution in [0, 0.1) is 12.3 Å². The maximum atomic E-state index is 12.1. The van der Waals surface area contributed by atoms with Gasteiger partial charge in [-0.2, -0.15) is 4.98 Å². The maximum Gasteiger partial charge on any atom is 0.246 e. The number of nitrogens with two attached hydrogens (primary N) is 1. The van der Waals surface area contributed by atoms with Crippen molar-refractivity contribution >= 4 is 18.3 Å². The molecule has 6 nitrogen and oxygen atoms in total. The monoisotopic (exact) mass is 276 g/mol. The minimum absolute atomic E-state index is 0. The van der Waals surface area contributed by atoms with Crippen LogP contribution in [0.1, 0.15) is 38.4 Å². The van der Waals surface area contributed by atoms with E-state index in [1.165, 1.54) is 0 Å². The van der Waals surface area contributed by atoms with Crippen LogP contribution < -0.4 is 11.1 Å². The molecule has 0 atom stereocenters. The van der Waals surface area contributed by atoms with Gasteiger partial charge in [0.1, 0.15) is 0 Å². The van der Waals surface area contributed by atoms with Crippen molar-refractivity contribution in [1.29, 1.82) is 0 Å². The molecule has 1 aromatic rings. The van der Waals surface area contributed by atoms with Crippen molar-refractivity contribution < 1.29 is 9.32 Å². The number of aryl methyl sites for hydroxylation is 1. The molecule has 0 bridgehead atoms. The molecular formula is C11H21ClN4O2. The Balaban J connectivity index is 0.00000289. The Morgan fingerprint density at radius 3 is 2.44 bits per heavy atom. The molecule has 0 spiro atoms. The molecule has 18 heavy (non-hydrogen) atoms. The molecule has 0 aliphatic rings. The van der Waals surface area contributed by atoms with Crippen molar-refractivity contribution in [2.24, 2.45) is 11.1 Å². The predicted octanol–water partition coefficient (Wildman–Crippen LogP) is 1.18. The number of carbonyl (C=O) groups excluding carboxylic acids is 1. The summed E-state index contributed by atoms with van der Waals surface area (Å²) in [7, 11) is 0. The van der Waals surface area contributed by atoms with Crippen LogP contribution in [-0.2, 0) is 11.3 Å². The van der Waals surface area contributed by atoms with E-state index in [1.54, 1.807) is 6.92 Å². The van der Waals surface area contributed by atoms with Gasteiger partial charge in [-0.1, -0.05) is 19.0 Å². The number of carbonyl (C=O) groups is 1. The zero-order valence-corrected chi connectivity index (χ0v) is 11.8. The van der Waals surface area contributed by atoms with Crippen LogP contribution in [-0.4, -0.2) is 22.6 Å². The number of amides is 1. The van der Waals surface area contributed by atoms with Crippen molar-refractivity contribution in [2.75, 3.05) is 6.54 Å². The van der Waals surface area contributed by atoms with E-state index in [2.05, 4.69) is 15.5 Å². The van der Waals surface area contributed by atoms with E-state index in [1.807, 2.05) is 13.8 Å². The number of hydrogen-bond acceptors (Lipinski definition) is 5. The quantitative estimate of drug-likeness (QED) is 0.814. The zero-order valence-electron chi connectivity index (χ0n) is 11.0. The summed E-state index contributed by atoms with van der Waals surface area (Å²) in [4.78, 5) is 16.1. The molecule has 1 amide bonds. The van der Waals surface area contributed by atoms with E-state index in [0.717, 1.165) is 0 Å². The summed E-state index contributed by atoms with van der Waals surface area (Å²) in [5, 5.41) is 6.45. The summed E-state index contributed by atoms with van der Waals surface area (Å²) in [5.74, 6) is 0.917. The number of nitrogens with one attached hydrogen (secondary N) is 1. The third-order valence-electron chi connectivity index (χ3n) is 3.20. The van der Waals surface area contributed by atoms with E-state index >= 15 is 0 Å². The Hall–Kier alpha value is -1.14. The highest BCUT2D eigenvalue weighted by atomic mass is 35.5. The fourth-order valence-electron chi connectivity index (χ4n) is 1.71. The second-order valence-corrected chi connectivity index (χ2v) is 4.11. The smallest absolute Gasteiger partial charge is 0.246 e. The largest absolute Gasteiger partial charge is 0.346 e. The van der Waals surface area contributed by atoms with Gasteiger partial charge in [0.15, 0.2) is 5.82 Å². The Labute approximate surface area is 113 Å². The third-order valence-corrected chi connectivity index (χ3v) is 3.20. The summed E-state index contributed by atoms with van der Waals surface area (Å²) >= 11 is 0. The highest BCUT2D eigenvalue weighted by molar-refractivity contribution is 5.85. The Bertz CT molecular complexity index is 369. The minimum Gasteiger partial charge on any atom is -0.346 e. The summed E-state index contributed by atoms with van der Waals surface area (Å²) < 4.78 is 4.92. The van der Waals surface area contributed by atoms with Crippen LogP contribution in [0.3, 0.4) is 0 Å². The number of hydrogen-bond donors (Lipinski definition) is 2. The molecule has 1 rings (SSSR count). The van der Waals surface area contributed by atoms with Gasteiger partial charge in [-0.3, -0.25) is 4.79 Å². The third kappa shape index (κ3) is 3.68. The van der Waals surface area contributed by atoms with E-state index in [9.17, 15) is 4.79 Å². The van der Waals surface area contributed by atoms with Gasteiger partial charge in [-0.15, -0.1) is 12.4 Å². The second-order valence-electron chi connectivity index (χ2n) is 4.11. The van der Waals surface area contributed by atoms with Crippen LogP contribution in [0.15, 0.2) is 4.52 Å². The van der Waals surface area contributed by atoms with Crippen LogP contribution in [0.2, 0.25) is 0 Å². The highest BCUT2D eigenvalue weighted by Gasteiger charge is 2.33. The number of rotatable bonds is 6. The zero-order chi connectivity index (χ0) is 12.9. The van der Waals surface area contributed by atoms with Crippen molar-refractivity contribution in [3.63, 3.8) is 0 Å². The average Bonchev–Trinajstić information content (AvgIpc) is 2.75. The standard InChI is InChI=1S/C11H20N4O2.ClH/c1-4-11(5-2,7-12)10(16)13-6-9-14-8(3)15-17-9;/h4-7,12H2,1-3H3,(H,13,16);1H. The molecular weight excluding hydrogens is 256 g/mol. The fourth-order valence-corrected chi connectivity index (χ4v) is 1.71. The number of aromatic nitrogens is 2. The molecule has 0 fully saturated rings. The Morgan fingerprint density at radius 2 is 2.06 bits per heavy atom. The highest BCUT2D eigenvalue weighted by Crippen LogP contribution is 2.24. The lowest BCUT2D eigenvalue weighted by Crippen LogP contribution is -2.45. The molecule has 1 heterocycles. The molecule has 0 aromatic carbocycles. The summed E-state index contributed by atoms with van der Waals surface area (Å²) in [5.41, 5.74) is 5.20. The van der Waals surface area contributed by atoms with Gasteiger partial charge in [0.25, 0.3) is 0 Å². The van der Waals surface area contributed by atoms with Crippen LogP contribution in [0.25, 0.3) is 0 Å². The van der Waals surface area contributed by atoms with Gasteiger partial charge in [-0.25, -0.2) is 0 Å². The molecule has 0 unspecified atom stereocenters. The molecule has 1 aromatic heterocycles. The summed E-state index contributed by atoms with van der Waals surface area (Å²) in [6.45, 7) is 6.26. The molecule has 0 aliphatic carbocycles. The maximum absolute atomic E-state index is 12.1. The lowest BCUT2D eigenvalue weighted by Gasteiger charge is -2.28. The number of nitrogens with zero attached hydrogens (tertiary/aromatic N) is 2. The van der Waals surface area contributed by atoms with Crippen molar-refractivity contribution in [3.8, 4) is 0 Å². The SMILES string of the molecule is CCC(CC)(CN)C(=O)NCc1nc(C)no1.Cl. The second kappa shape index (κ2) is 7.33. The normalized spacial score (nSPS) is 10.9. The van der Waals surface area contributed by atoms with Gasteiger partial charge in [0.05, 0.1) is 12.0 Å². The molecule has 0 saturated heterocycles. The Morgan fingerprint density at radius 1 is 1.44 bits per heavy atom. The topological polar surface area (TPSA) is 94.0 Å². The van der Waals surface area contributed by atoms with Crippen LogP contribution >= 0.6 is 12.4 Å². The fraction of sp³-hybridized carbons (Fsp3) is 0.727.